The lowest BCUT2D eigenvalue weighted by Crippen LogP contribution is -2.25. The van der Waals surface area contributed by atoms with Crippen LogP contribution in [-0.4, -0.2) is 18.4 Å². The molecule has 0 spiro atoms. The van der Waals surface area contributed by atoms with E-state index >= 15 is 0 Å². The van der Waals surface area contributed by atoms with E-state index in [-0.39, 0.29) is 11.8 Å². The number of fused-ring (bicyclic) bond motifs is 1. The van der Waals surface area contributed by atoms with E-state index in [4.69, 9.17) is 0 Å². The number of hydrogen-bond donors (Lipinski definition) is 1. The first-order valence-corrected chi connectivity index (χ1v) is 6.92. The zero-order valence-corrected chi connectivity index (χ0v) is 11.8. The Morgan fingerprint density at radius 3 is 2.57 bits per heavy atom. The molecule has 3 rings (SSSR count). The molecule has 4 nitrogen and oxygen atoms in total. The van der Waals surface area contributed by atoms with Crippen LogP contribution in [0.25, 0.3) is 0 Å². The number of rotatable bonds is 2. The fourth-order valence-corrected chi connectivity index (χ4v) is 2.60. The van der Waals surface area contributed by atoms with E-state index in [9.17, 15) is 9.59 Å². The lowest BCUT2D eigenvalue weighted by Gasteiger charge is -2.15. The number of anilines is 2. The Kier molecular flexibility index (Phi) is 3.44. The lowest BCUT2D eigenvalue weighted by atomic mass is 10.1. The smallest absolute Gasteiger partial charge is 0.255 e. The molecule has 0 saturated carbocycles. The molecule has 0 aromatic heterocycles. The van der Waals surface area contributed by atoms with Crippen LogP contribution < -0.4 is 10.2 Å². The Morgan fingerprint density at radius 2 is 1.86 bits per heavy atom. The van der Waals surface area contributed by atoms with Gasteiger partial charge in [0.1, 0.15) is 0 Å². The maximum Gasteiger partial charge on any atom is 0.255 e. The summed E-state index contributed by atoms with van der Waals surface area (Å²) in [6, 6.07) is 14.8. The fraction of sp³-hybridized carbons (Fsp3) is 0.176. The monoisotopic (exact) mass is 280 g/mol. The summed E-state index contributed by atoms with van der Waals surface area (Å²) in [7, 11) is 0. The van der Waals surface area contributed by atoms with Gasteiger partial charge in [-0.05, 0) is 42.3 Å². The largest absolute Gasteiger partial charge is 0.322 e. The van der Waals surface area contributed by atoms with E-state index in [1.54, 1.807) is 24.0 Å². The average Bonchev–Trinajstić information content (AvgIpc) is 2.91. The van der Waals surface area contributed by atoms with Gasteiger partial charge >= 0.3 is 0 Å². The molecule has 0 bridgehead atoms. The third kappa shape index (κ3) is 2.65. The number of benzene rings is 2. The van der Waals surface area contributed by atoms with Crippen molar-refractivity contribution in [2.24, 2.45) is 0 Å². The van der Waals surface area contributed by atoms with Crippen LogP contribution in [0.5, 0.6) is 0 Å². The SMILES string of the molecule is CC(=O)N1CCc2cc(NC(=O)c3ccccc3)ccc21. The molecule has 0 aliphatic carbocycles. The molecule has 1 aliphatic heterocycles. The van der Waals surface area contributed by atoms with E-state index in [1.165, 1.54) is 0 Å². The first kappa shape index (κ1) is 13.4. The van der Waals surface area contributed by atoms with Gasteiger partial charge in [-0.15, -0.1) is 0 Å². The van der Waals surface area contributed by atoms with Crippen LogP contribution in [0.3, 0.4) is 0 Å². The van der Waals surface area contributed by atoms with Gasteiger partial charge in [-0.1, -0.05) is 18.2 Å². The second kappa shape index (κ2) is 5.40. The highest BCUT2D eigenvalue weighted by molar-refractivity contribution is 6.04. The van der Waals surface area contributed by atoms with Crippen molar-refractivity contribution in [3.8, 4) is 0 Å². The molecule has 1 aliphatic rings. The predicted octanol–water partition coefficient (Wildman–Crippen LogP) is 2.85. The molecular weight excluding hydrogens is 264 g/mol. The number of nitrogens with zero attached hydrogens (tertiary/aromatic N) is 1. The average molecular weight is 280 g/mol. The van der Waals surface area contributed by atoms with Gasteiger partial charge in [-0.3, -0.25) is 9.59 Å². The Balaban J connectivity index is 1.80. The molecule has 2 amide bonds. The minimum atomic E-state index is -0.128. The first-order valence-electron chi connectivity index (χ1n) is 6.92. The summed E-state index contributed by atoms with van der Waals surface area (Å²) < 4.78 is 0. The Morgan fingerprint density at radius 1 is 1.10 bits per heavy atom. The van der Waals surface area contributed by atoms with Crippen LogP contribution >= 0.6 is 0 Å². The lowest BCUT2D eigenvalue weighted by molar-refractivity contribution is -0.116. The van der Waals surface area contributed by atoms with Crippen molar-refractivity contribution in [3.05, 3.63) is 59.7 Å². The summed E-state index contributed by atoms with van der Waals surface area (Å²) >= 11 is 0. The van der Waals surface area contributed by atoms with Crippen molar-refractivity contribution in [1.29, 1.82) is 0 Å². The summed E-state index contributed by atoms with van der Waals surface area (Å²) in [6.07, 6.45) is 0.823. The maximum atomic E-state index is 12.1. The highest BCUT2D eigenvalue weighted by atomic mass is 16.2. The molecule has 2 aromatic carbocycles. The zero-order valence-electron chi connectivity index (χ0n) is 11.8. The highest BCUT2D eigenvalue weighted by Crippen LogP contribution is 2.30. The Labute approximate surface area is 123 Å². The van der Waals surface area contributed by atoms with E-state index < -0.39 is 0 Å². The summed E-state index contributed by atoms with van der Waals surface area (Å²) in [5.41, 5.74) is 3.42. The second-order valence-corrected chi connectivity index (χ2v) is 5.08. The van der Waals surface area contributed by atoms with Crippen LogP contribution in [0.15, 0.2) is 48.5 Å². The van der Waals surface area contributed by atoms with Gasteiger partial charge in [0.15, 0.2) is 0 Å². The van der Waals surface area contributed by atoms with Crippen molar-refractivity contribution in [1.82, 2.24) is 0 Å². The maximum absolute atomic E-state index is 12.1. The van der Waals surface area contributed by atoms with Crippen LogP contribution in [-0.2, 0) is 11.2 Å². The molecule has 0 fully saturated rings. The minimum Gasteiger partial charge on any atom is -0.322 e. The summed E-state index contributed by atoms with van der Waals surface area (Å²) in [5, 5.41) is 2.89. The van der Waals surface area contributed by atoms with Crippen LogP contribution in [0, 0.1) is 0 Å². The number of carbonyl (C=O) groups is 2. The third-order valence-electron chi connectivity index (χ3n) is 3.65. The standard InChI is InChI=1S/C17H16N2O2/c1-12(20)19-10-9-14-11-15(7-8-16(14)19)18-17(21)13-5-3-2-4-6-13/h2-8,11H,9-10H2,1H3,(H,18,21). The van der Waals surface area contributed by atoms with Crippen molar-refractivity contribution < 1.29 is 9.59 Å². The van der Waals surface area contributed by atoms with E-state index in [0.29, 0.717) is 12.1 Å². The quantitative estimate of drug-likeness (QED) is 0.919. The first-order chi connectivity index (χ1) is 10.1. The Hall–Kier alpha value is -2.62. The van der Waals surface area contributed by atoms with Gasteiger partial charge in [0.25, 0.3) is 5.91 Å². The van der Waals surface area contributed by atoms with Gasteiger partial charge in [0, 0.05) is 30.4 Å². The molecule has 0 unspecified atom stereocenters. The topological polar surface area (TPSA) is 49.4 Å². The molecule has 0 radical (unpaired) electrons. The number of carbonyl (C=O) groups excluding carboxylic acids is 2. The van der Waals surface area contributed by atoms with E-state index in [0.717, 1.165) is 23.4 Å². The van der Waals surface area contributed by atoms with Gasteiger partial charge in [-0.25, -0.2) is 0 Å². The van der Waals surface area contributed by atoms with E-state index in [1.807, 2.05) is 36.4 Å². The van der Waals surface area contributed by atoms with Crippen molar-refractivity contribution in [3.63, 3.8) is 0 Å². The molecule has 4 heteroatoms. The predicted molar refractivity (Wildman–Crippen MR) is 82.6 cm³/mol. The molecule has 2 aromatic rings. The summed E-state index contributed by atoms with van der Waals surface area (Å²) in [4.78, 5) is 25.4. The van der Waals surface area contributed by atoms with Crippen LogP contribution in [0.1, 0.15) is 22.8 Å². The van der Waals surface area contributed by atoms with Crippen LogP contribution in [0.2, 0.25) is 0 Å². The van der Waals surface area contributed by atoms with Gasteiger partial charge in [-0.2, -0.15) is 0 Å². The fourth-order valence-electron chi connectivity index (χ4n) is 2.60. The molecule has 0 atom stereocenters. The minimum absolute atomic E-state index is 0.0508. The summed E-state index contributed by atoms with van der Waals surface area (Å²) in [5.74, 6) is -0.0770. The van der Waals surface area contributed by atoms with Crippen molar-refractivity contribution >= 4 is 23.2 Å². The van der Waals surface area contributed by atoms with Crippen molar-refractivity contribution in [2.75, 3.05) is 16.8 Å². The molecule has 106 valence electrons. The number of hydrogen-bond acceptors (Lipinski definition) is 2. The van der Waals surface area contributed by atoms with E-state index in [2.05, 4.69) is 5.32 Å². The molecule has 21 heavy (non-hydrogen) atoms. The molecule has 1 heterocycles. The van der Waals surface area contributed by atoms with Gasteiger partial charge in [0.05, 0.1) is 0 Å². The second-order valence-electron chi connectivity index (χ2n) is 5.08. The molecule has 1 N–H and O–H groups in total. The van der Waals surface area contributed by atoms with Crippen LogP contribution in [0.4, 0.5) is 11.4 Å². The molecular formula is C17H16N2O2. The number of nitrogens with one attached hydrogen (secondary N) is 1. The molecule has 0 saturated heterocycles. The summed E-state index contributed by atoms with van der Waals surface area (Å²) in [6.45, 7) is 2.28. The normalized spacial score (nSPS) is 12.9. The zero-order chi connectivity index (χ0) is 14.8. The van der Waals surface area contributed by atoms with Gasteiger partial charge < -0.3 is 10.2 Å². The number of amides is 2. The highest BCUT2D eigenvalue weighted by Gasteiger charge is 2.22. The van der Waals surface area contributed by atoms with Crippen molar-refractivity contribution in [2.45, 2.75) is 13.3 Å². The third-order valence-corrected chi connectivity index (χ3v) is 3.65. The Bertz CT molecular complexity index is 695. The van der Waals surface area contributed by atoms with Gasteiger partial charge in [0.2, 0.25) is 5.91 Å².